The number of aryl methyl sites for hydroxylation is 2. The number of carbonyl (C=O) groups excluding carboxylic acids is 1. The number of nitrogens with one attached hydrogen (secondary N) is 1. The van der Waals surface area contributed by atoms with Crippen LogP contribution in [0.25, 0.3) is 0 Å². The van der Waals surface area contributed by atoms with Crippen molar-refractivity contribution < 1.29 is 13.2 Å². The number of hydrogen-bond donors (Lipinski definition) is 1. The zero-order chi connectivity index (χ0) is 15.6. The molecule has 0 saturated carbocycles. The monoisotopic (exact) mass is 332 g/mol. The predicted octanol–water partition coefficient (Wildman–Crippen LogP) is 1.26. The molecule has 2 rings (SSSR count). The topological polar surface area (TPSA) is 82.6 Å². The highest BCUT2D eigenvalue weighted by molar-refractivity contribution is 7.89. The Morgan fingerprint density at radius 3 is 2.38 bits per heavy atom. The maximum Gasteiger partial charge on any atom is 0.323 e. The van der Waals surface area contributed by atoms with E-state index >= 15 is 0 Å². The molecule has 9 heteroatoms. The average Bonchev–Trinajstić information content (AvgIpc) is 2.77. The van der Waals surface area contributed by atoms with Gasteiger partial charge in [-0.2, -0.15) is 4.31 Å². The van der Waals surface area contributed by atoms with Gasteiger partial charge in [0.15, 0.2) is 5.13 Å². The van der Waals surface area contributed by atoms with Gasteiger partial charge >= 0.3 is 6.03 Å². The number of aromatic nitrogens is 1. The Labute approximate surface area is 129 Å². The first kappa shape index (κ1) is 16.2. The average molecular weight is 332 g/mol. The van der Waals surface area contributed by atoms with Crippen LogP contribution in [0, 0.1) is 13.8 Å². The Hall–Kier alpha value is -1.19. The number of sulfonamides is 1. The summed E-state index contributed by atoms with van der Waals surface area (Å²) >= 11 is 1.44. The van der Waals surface area contributed by atoms with Crippen LogP contribution in [0.1, 0.15) is 17.5 Å². The largest absolute Gasteiger partial charge is 0.323 e. The molecular weight excluding hydrogens is 312 g/mol. The number of carbonyl (C=O) groups is 1. The van der Waals surface area contributed by atoms with E-state index in [1.807, 2.05) is 13.8 Å². The van der Waals surface area contributed by atoms with Crippen LogP contribution in [0.4, 0.5) is 9.93 Å². The van der Waals surface area contributed by atoms with Crippen LogP contribution in [0.15, 0.2) is 0 Å². The fourth-order valence-electron chi connectivity index (χ4n) is 2.05. The van der Waals surface area contributed by atoms with Crippen LogP contribution in [-0.4, -0.2) is 60.6 Å². The second-order valence-corrected chi connectivity index (χ2v) is 8.34. The molecule has 1 fully saturated rings. The Morgan fingerprint density at radius 1 is 1.29 bits per heavy atom. The van der Waals surface area contributed by atoms with Crippen molar-refractivity contribution in [2.24, 2.45) is 0 Å². The van der Waals surface area contributed by atoms with Crippen molar-refractivity contribution in [2.75, 3.05) is 37.2 Å². The van der Waals surface area contributed by atoms with Gasteiger partial charge in [-0.1, -0.05) is 0 Å². The molecule has 0 radical (unpaired) electrons. The number of amides is 2. The van der Waals surface area contributed by atoms with Crippen molar-refractivity contribution in [3.63, 3.8) is 0 Å². The lowest BCUT2D eigenvalue weighted by atomic mass is 10.4. The molecule has 0 aliphatic carbocycles. The maximum atomic E-state index is 12.1. The molecule has 0 bridgehead atoms. The summed E-state index contributed by atoms with van der Waals surface area (Å²) in [5.41, 5.74) is 0.911. The Balaban J connectivity index is 1.91. The number of nitrogens with zero attached hydrogens (tertiary/aromatic N) is 3. The Bertz CT molecular complexity index is 599. The van der Waals surface area contributed by atoms with Gasteiger partial charge in [-0.05, 0) is 20.8 Å². The van der Waals surface area contributed by atoms with Gasteiger partial charge in [-0.15, -0.1) is 11.3 Å². The van der Waals surface area contributed by atoms with E-state index < -0.39 is 10.0 Å². The molecule has 0 aromatic carbocycles. The van der Waals surface area contributed by atoms with E-state index in [2.05, 4.69) is 10.3 Å². The lowest BCUT2D eigenvalue weighted by Gasteiger charge is -2.33. The van der Waals surface area contributed by atoms with E-state index in [4.69, 9.17) is 0 Å². The zero-order valence-electron chi connectivity index (χ0n) is 12.4. The van der Waals surface area contributed by atoms with Crippen molar-refractivity contribution in [1.82, 2.24) is 14.2 Å². The third-order valence-electron chi connectivity index (χ3n) is 3.53. The Kier molecular flexibility index (Phi) is 4.84. The van der Waals surface area contributed by atoms with Crippen LogP contribution in [-0.2, 0) is 10.0 Å². The molecule has 1 aliphatic rings. The molecule has 1 aromatic rings. The van der Waals surface area contributed by atoms with Crippen LogP contribution in [0.3, 0.4) is 0 Å². The molecule has 7 nitrogen and oxygen atoms in total. The third-order valence-corrected chi connectivity index (χ3v) is 6.40. The molecule has 2 heterocycles. The molecule has 21 heavy (non-hydrogen) atoms. The van der Waals surface area contributed by atoms with E-state index in [1.165, 1.54) is 15.6 Å². The summed E-state index contributed by atoms with van der Waals surface area (Å²) in [4.78, 5) is 19.1. The van der Waals surface area contributed by atoms with E-state index in [-0.39, 0.29) is 11.8 Å². The highest BCUT2D eigenvalue weighted by Gasteiger charge is 2.27. The van der Waals surface area contributed by atoms with E-state index in [0.717, 1.165) is 10.6 Å². The minimum atomic E-state index is -3.17. The molecule has 0 atom stereocenters. The summed E-state index contributed by atoms with van der Waals surface area (Å²) in [5, 5.41) is 3.35. The molecule has 1 aromatic heterocycles. The van der Waals surface area contributed by atoms with Gasteiger partial charge in [0.25, 0.3) is 0 Å². The number of urea groups is 1. The number of piperazine rings is 1. The molecule has 0 unspecified atom stereocenters. The summed E-state index contributed by atoms with van der Waals surface area (Å²) in [6.45, 7) is 6.97. The molecule has 1 saturated heterocycles. The normalized spacial score (nSPS) is 17.0. The second-order valence-electron chi connectivity index (χ2n) is 4.88. The summed E-state index contributed by atoms with van der Waals surface area (Å²) in [6, 6.07) is -0.225. The zero-order valence-corrected chi connectivity index (χ0v) is 14.1. The van der Waals surface area contributed by atoms with Gasteiger partial charge in [0.2, 0.25) is 10.0 Å². The van der Waals surface area contributed by atoms with E-state index in [9.17, 15) is 13.2 Å². The maximum absolute atomic E-state index is 12.1. The first-order chi connectivity index (χ1) is 9.83. The van der Waals surface area contributed by atoms with Gasteiger partial charge in [-0.25, -0.2) is 18.2 Å². The summed E-state index contributed by atoms with van der Waals surface area (Å²) in [7, 11) is -3.17. The summed E-state index contributed by atoms with van der Waals surface area (Å²) < 4.78 is 25.0. The number of rotatable bonds is 3. The van der Waals surface area contributed by atoms with Crippen molar-refractivity contribution in [1.29, 1.82) is 0 Å². The van der Waals surface area contributed by atoms with Crippen LogP contribution < -0.4 is 5.32 Å². The number of thiazole rings is 1. The Morgan fingerprint density at radius 2 is 1.90 bits per heavy atom. The minimum absolute atomic E-state index is 0.0941. The predicted molar refractivity (Wildman–Crippen MR) is 83.2 cm³/mol. The molecule has 1 N–H and O–H groups in total. The van der Waals surface area contributed by atoms with Crippen molar-refractivity contribution in [2.45, 2.75) is 20.8 Å². The summed E-state index contributed by atoms with van der Waals surface area (Å²) in [6.07, 6.45) is 0. The lowest BCUT2D eigenvalue weighted by molar-refractivity contribution is 0.184. The van der Waals surface area contributed by atoms with Crippen LogP contribution >= 0.6 is 11.3 Å². The van der Waals surface area contributed by atoms with E-state index in [1.54, 1.807) is 11.8 Å². The molecule has 2 amide bonds. The smallest absolute Gasteiger partial charge is 0.322 e. The standard InChI is InChI=1S/C12H20N4O3S2/c1-4-21(18,19)16-7-5-15(6-8-16)12(17)14-11-13-9(2)10(3)20-11/h4-8H2,1-3H3,(H,13,14,17). The molecule has 118 valence electrons. The van der Waals surface area contributed by atoms with Crippen LogP contribution in [0.2, 0.25) is 0 Å². The second kappa shape index (κ2) is 6.29. The van der Waals surface area contributed by atoms with Crippen molar-refractivity contribution >= 4 is 32.5 Å². The van der Waals surface area contributed by atoms with E-state index in [0.29, 0.717) is 31.3 Å². The van der Waals surface area contributed by atoms with Gasteiger partial charge in [0, 0.05) is 31.1 Å². The van der Waals surface area contributed by atoms with Gasteiger partial charge in [0.1, 0.15) is 0 Å². The van der Waals surface area contributed by atoms with Crippen molar-refractivity contribution in [3.8, 4) is 0 Å². The molecule has 1 aliphatic heterocycles. The number of anilines is 1. The molecule has 0 spiro atoms. The lowest BCUT2D eigenvalue weighted by Crippen LogP contribution is -2.51. The third kappa shape index (κ3) is 3.72. The van der Waals surface area contributed by atoms with Gasteiger partial charge in [-0.3, -0.25) is 5.32 Å². The van der Waals surface area contributed by atoms with Gasteiger partial charge in [0.05, 0.1) is 11.4 Å². The molecular formula is C12H20N4O3S2. The highest BCUT2D eigenvalue weighted by Crippen LogP contribution is 2.21. The first-order valence-corrected chi connectivity index (χ1v) is 9.24. The quantitative estimate of drug-likeness (QED) is 0.903. The van der Waals surface area contributed by atoms with Crippen molar-refractivity contribution in [3.05, 3.63) is 10.6 Å². The summed E-state index contributed by atoms with van der Waals surface area (Å²) in [5.74, 6) is 0.0941. The number of hydrogen-bond acceptors (Lipinski definition) is 5. The fraction of sp³-hybridized carbons (Fsp3) is 0.667. The first-order valence-electron chi connectivity index (χ1n) is 6.81. The SMILES string of the molecule is CCS(=O)(=O)N1CCN(C(=O)Nc2nc(C)c(C)s2)CC1. The highest BCUT2D eigenvalue weighted by atomic mass is 32.2. The van der Waals surface area contributed by atoms with Gasteiger partial charge < -0.3 is 4.90 Å². The minimum Gasteiger partial charge on any atom is -0.322 e. The fourth-order valence-corrected chi connectivity index (χ4v) is 3.94. The van der Waals surface area contributed by atoms with Crippen LogP contribution in [0.5, 0.6) is 0 Å².